The second-order valence-corrected chi connectivity index (χ2v) is 13.5. The molecule has 1 rings (SSSR count). The smallest absolute Gasteiger partial charge is 0.217 e. The summed E-state index contributed by atoms with van der Waals surface area (Å²) in [5, 5.41) is 52.5. The van der Waals surface area contributed by atoms with Gasteiger partial charge in [-0.2, -0.15) is 0 Å². The second-order valence-electron chi connectivity index (χ2n) is 13.5. The molecule has 0 saturated carbocycles. The molecule has 0 spiro atoms. The molecule has 6 N–H and O–H groups in total. The maximum atomic E-state index is 11.7. The van der Waals surface area contributed by atoms with Gasteiger partial charge >= 0.3 is 0 Å². The third-order valence-electron chi connectivity index (χ3n) is 9.06. The maximum absolute atomic E-state index is 11.7. The van der Waals surface area contributed by atoms with E-state index in [4.69, 9.17) is 9.47 Å². The van der Waals surface area contributed by atoms with E-state index in [1.54, 1.807) is 6.08 Å². The zero-order chi connectivity index (χ0) is 34.5. The van der Waals surface area contributed by atoms with Crippen LogP contribution in [-0.2, 0) is 14.3 Å². The fraction of sp³-hybridized carbons (Fsp3) is 0.868. The van der Waals surface area contributed by atoms with Crippen LogP contribution in [0.3, 0.4) is 0 Å². The normalized spacial score (nSPS) is 23.1. The Kier molecular flexibility index (Phi) is 27.5. The third-order valence-corrected chi connectivity index (χ3v) is 9.06. The number of carbonyl (C=O) groups is 1. The molecule has 0 radical (unpaired) electrons. The summed E-state index contributed by atoms with van der Waals surface area (Å²) < 4.78 is 10.8. The van der Waals surface area contributed by atoms with Crippen LogP contribution < -0.4 is 5.32 Å². The summed E-state index contributed by atoms with van der Waals surface area (Å²) in [5.41, 5.74) is 0. The van der Waals surface area contributed by atoms with Crippen molar-refractivity contribution in [2.75, 3.05) is 13.2 Å². The molecule has 1 fully saturated rings. The molecule has 0 aromatic carbocycles. The van der Waals surface area contributed by atoms with Crippen LogP contribution in [0.25, 0.3) is 0 Å². The van der Waals surface area contributed by atoms with Gasteiger partial charge in [-0.25, -0.2) is 0 Å². The molecule has 0 aromatic rings. The number of rotatable bonds is 30. The first kappa shape index (κ1) is 43.7. The average molecular weight is 670 g/mol. The van der Waals surface area contributed by atoms with Gasteiger partial charge in [0.25, 0.3) is 0 Å². The van der Waals surface area contributed by atoms with E-state index in [0.29, 0.717) is 0 Å². The van der Waals surface area contributed by atoms with E-state index < -0.39 is 49.5 Å². The Morgan fingerprint density at radius 3 is 1.66 bits per heavy atom. The van der Waals surface area contributed by atoms with Crippen molar-refractivity contribution in [3.05, 3.63) is 24.3 Å². The summed E-state index contributed by atoms with van der Waals surface area (Å²) in [4.78, 5) is 11.7. The molecule has 7 atom stereocenters. The number of nitrogens with one attached hydrogen (secondary N) is 1. The van der Waals surface area contributed by atoms with E-state index in [2.05, 4.69) is 24.4 Å². The van der Waals surface area contributed by atoms with Crippen molar-refractivity contribution in [2.45, 2.75) is 198 Å². The Labute approximate surface area is 286 Å². The Hall–Kier alpha value is -1.33. The highest BCUT2D eigenvalue weighted by Crippen LogP contribution is 2.22. The molecule has 1 saturated heterocycles. The number of aliphatic hydroxyl groups is 5. The van der Waals surface area contributed by atoms with Gasteiger partial charge in [0.2, 0.25) is 5.91 Å². The lowest BCUT2D eigenvalue weighted by molar-refractivity contribution is -0.302. The van der Waals surface area contributed by atoms with E-state index in [0.717, 1.165) is 19.3 Å². The third kappa shape index (κ3) is 22.1. The molecular formula is C38H71NO8. The number of unbranched alkanes of at least 4 members (excludes halogenated alkanes) is 20. The van der Waals surface area contributed by atoms with Gasteiger partial charge in [-0.15, -0.1) is 0 Å². The van der Waals surface area contributed by atoms with Crippen LogP contribution in [0.5, 0.6) is 0 Å². The highest BCUT2D eigenvalue weighted by atomic mass is 16.7. The van der Waals surface area contributed by atoms with Crippen LogP contribution in [0.2, 0.25) is 0 Å². The molecule has 1 amide bonds. The predicted molar refractivity (Wildman–Crippen MR) is 189 cm³/mol. The minimum absolute atomic E-state index is 0.215. The fourth-order valence-electron chi connectivity index (χ4n) is 6.03. The lowest BCUT2D eigenvalue weighted by Crippen LogP contribution is -2.60. The van der Waals surface area contributed by atoms with Crippen molar-refractivity contribution in [2.24, 2.45) is 0 Å². The monoisotopic (exact) mass is 670 g/mol. The van der Waals surface area contributed by atoms with Gasteiger partial charge in [-0.05, 0) is 25.7 Å². The molecule has 47 heavy (non-hydrogen) atoms. The van der Waals surface area contributed by atoms with Crippen molar-refractivity contribution < 1.29 is 39.8 Å². The second kappa shape index (κ2) is 29.6. The number of allylic oxidation sites excluding steroid dienone is 3. The van der Waals surface area contributed by atoms with Gasteiger partial charge < -0.3 is 40.3 Å². The number of aliphatic hydroxyl groups excluding tert-OH is 5. The van der Waals surface area contributed by atoms with Crippen LogP contribution >= 0.6 is 0 Å². The van der Waals surface area contributed by atoms with Crippen LogP contribution in [0.15, 0.2) is 24.3 Å². The van der Waals surface area contributed by atoms with Crippen LogP contribution in [0.1, 0.15) is 155 Å². The molecule has 0 aliphatic carbocycles. The lowest BCUT2D eigenvalue weighted by atomic mass is 9.99. The molecule has 1 heterocycles. The number of hydrogen-bond donors (Lipinski definition) is 6. The zero-order valence-corrected chi connectivity index (χ0v) is 29.8. The van der Waals surface area contributed by atoms with E-state index in [-0.39, 0.29) is 12.5 Å². The maximum Gasteiger partial charge on any atom is 0.217 e. The number of amides is 1. The molecule has 0 aromatic heterocycles. The van der Waals surface area contributed by atoms with Gasteiger partial charge in [0.15, 0.2) is 6.29 Å². The first-order chi connectivity index (χ1) is 22.8. The van der Waals surface area contributed by atoms with Crippen molar-refractivity contribution in [1.29, 1.82) is 0 Å². The minimum Gasteiger partial charge on any atom is -0.394 e. The van der Waals surface area contributed by atoms with Crippen molar-refractivity contribution in [3.8, 4) is 0 Å². The van der Waals surface area contributed by atoms with Crippen molar-refractivity contribution in [1.82, 2.24) is 5.32 Å². The van der Waals surface area contributed by atoms with E-state index in [9.17, 15) is 30.3 Å². The largest absolute Gasteiger partial charge is 0.394 e. The molecule has 0 bridgehead atoms. The minimum atomic E-state index is -1.56. The van der Waals surface area contributed by atoms with Crippen LogP contribution in [0.4, 0.5) is 0 Å². The summed E-state index contributed by atoms with van der Waals surface area (Å²) in [7, 11) is 0. The molecule has 1 aliphatic rings. The van der Waals surface area contributed by atoms with E-state index in [1.807, 2.05) is 6.08 Å². The summed E-state index contributed by atoms with van der Waals surface area (Å²) in [6, 6.07) is -0.818. The molecule has 1 aliphatic heterocycles. The molecule has 276 valence electrons. The Morgan fingerprint density at radius 2 is 1.17 bits per heavy atom. The Morgan fingerprint density at radius 1 is 0.702 bits per heavy atom. The van der Waals surface area contributed by atoms with Crippen LogP contribution in [-0.4, -0.2) is 87.5 Å². The lowest BCUT2D eigenvalue weighted by Gasteiger charge is -2.40. The van der Waals surface area contributed by atoms with Gasteiger partial charge in [0, 0.05) is 6.92 Å². The predicted octanol–water partition coefficient (Wildman–Crippen LogP) is 6.38. The van der Waals surface area contributed by atoms with Crippen LogP contribution in [0, 0.1) is 0 Å². The fourth-order valence-corrected chi connectivity index (χ4v) is 6.03. The molecule has 7 unspecified atom stereocenters. The number of hydrogen-bond acceptors (Lipinski definition) is 8. The summed E-state index contributed by atoms with van der Waals surface area (Å²) in [6.45, 7) is 2.82. The Balaban J connectivity index is 2.03. The van der Waals surface area contributed by atoms with Crippen molar-refractivity contribution >= 4 is 5.91 Å². The zero-order valence-electron chi connectivity index (χ0n) is 29.8. The highest BCUT2D eigenvalue weighted by molar-refractivity contribution is 5.73. The first-order valence-corrected chi connectivity index (χ1v) is 19.0. The summed E-state index contributed by atoms with van der Waals surface area (Å²) in [5.74, 6) is -0.363. The number of ether oxygens (including phenoxy) is 2. The molecular weight excluding hydrogens is 598 g/mol. The standard InChI is InChI=1S/C38H71NO8/c1-3-4-5-6-7-8-9-10-11-12-13-14-15-16-17-18-19-20-21-22-23-24-25-26-27-28-33(42)32(39-31(2)41)30-46-38-37(45)36(44)35(43)34(29-40)47-38/h23-24,27-28,32-38,40,42-45H,3-22,25-26,29-30H2,1-2H3,(H,39,41)/b24-23+,28-27+. The molecule has 9 heteroatoms. The van der Waals surface area contributed by atoms with E-state index in [1.165, 1.54) is 129 Å². The quantitative estimate of drug-likeness (QED) is 0.0381. The topological polar surface area (TPSA) is 149 Å². The number of carbonyl (C=O) groups excluding carboxylic acids is 1. The highest BCUT2D eigenvalue weighted by Gasteiger charge is 2.44. The molecule has 9 nitrogen and oxygen atoms in total. The van der Waals surface area contributed by atoms with Gasteiger partial charge in [-0.1, -0.05) is 147 Å². The van der Waals surface area contributed by atoms with E-state index >= 15 is 0 Å². The average Bonchev–Trinajstić information content (AvgIpc) is 3.06. The summed E-state index contributed by atoms with van der Waals surface area (Å²) >= 11 is 0. The van der Waals surface area contributed by atoms with Gasteiger partial charge in [0.1, 0.15) is 24.4 Å². The summed E-state index contributed by atoms with van der Waals surface area (Å²) in [6.07, 6.45) is 28.8. The SMILES string of the molecule is CCCCCCCCCCCCCCCCCCCCC/C=C/CC/C=C/C(O)C(COC1OC(CO)C(O)C(O)C1O)NC(C)=O. The van der Waals surface area contributed by atoms with Gasteiger partial charge in [-0.3, -0.25) is 4.79 Å². The van der Waals surface area contributed by atoms with Crippen molar-refractivity contribution in [3.63, 3.8) is 0 Å². The first-order valence-electron chi connectivity index (χ1n) is 19.0. The van der Waals surface area contributed by atoms with Gasteiger partial charge in [0.05, 0.1) is 25.4 Å². The Bertz CT molecular complexity index is 792.